The van der Waals surface area contributed by atoms with Crippen LogP contribution in [0.15, 0.2) is 0 Å². The fourth-order valence-corrected chi connectivity index (χ4v) is 0.925. The standard InChI is InChI=1S/C6H10O5/c1-10-6(9)5-4(8)3(7)2-11-5/h3-5,7-8H,2H2,1H3/t3-,4-,5+/m1/s1. The van der Waals surface area contributed by atoms with Crippen LogP contribution < -0.4 is 0 Å². The zero-order valence-corrected chi connectivity index (χ0v) is 6.06. The fraction of sp³-hybridized carbons (Fsp3) is 0.833. The summed E-state index contributed by atoms with van der Waals surface area (Å²) in [7, 11) is 1.20. The molecule has 0 amide bonds. The van der Waals surface area contributed by atoms with Gasteiger partial charge in [-0.15, -0.1) is 0 Å². The number of methoxy groups -OCH3 is 1. The molecule has 1 saturated heterocycles. The van der Waals surface area contributed by atoms with Crippen molar-refractivity contribution in [3.05, 3.63) is 0 Å². The van der Waals surface area contributed by atoms with Gasteiger partial charge in [0.1, 0.15) is 12.2 Å². The Morgan fingerprint density at radius 1 is 1.64 bits per heavy atom. The van der Waals surface area contributed by atoms with E-state index >= 15 is 0 Å². The Hall–Kier alpha value is -0.650. The molecule has 5 heteroatoms. The minimum absolute atomic E-state index is 0.0269. The summed E-state index contributed by atoms with van der Waals surface area (Å²) in [6.07, 6.45) is -3.18. The van der Waals surface area contributed by atoms with Gasteiger partial charge in [0.2, 0.25) is 0 Å². The minimum Gasteiger partial charge on any atom is -0.467 e. The molecule has 11 heavy (non-hydrogen) atoms. The molecule has 5 nitrogen and oxygen atoms in total. The van der Waals surface area contributed by atoms with Crippen molar-refractivity contribution in [3.8, 4) is 0 Å². The summed E-state index contributed by atoms with van der Waals surface area (Å²) in [6.45, 7) is -0.0269. The number of aliphatic hydroxyl groups excluding tert-OH is 2. The molecule has 0 radical (unpaired) electrons. The summed E-state index contributed by atoms with van der Waals surface area (Å²) < 4.78 is 9.07. The number of carbonyl (C=O) groups excluding carboxylic acids is 1. The first-order valence-corrected chi connectivity index (χ1v) is 3.22. The Bertz CT molecular complexity index is 157. The summed E-state index contributed by atoms with van der Waals surface area (Å²) in [5.74, 6) is -0.658. The smallest absolute Gasteiger partial charge is 0.337 e. The lowest BCUT2D eigenvalue weighted by atomic mass is 10.1. The van der Waals surface area contributed by atoms with E-state index in [1.165, 1.54) is 7.11 Å². The Morgan fingerprint density at radius 2 is 2.27 bits per heavy atom. The Kier molecular flexibility index (Phi) is 2.43. The molecule has 0 aliphatic carbocycles. The van der Waals surface area contributed by atoms with Gasteiger partial charge in [0.15, 0.2) is 6.10 Å². The third-order valence-electron chi connectivity index (χ3n) is 1.58. The number of ether oxygens (including phenoxy) is 2. The third kappa shape index (κ3) is 1.50. The number of aliphatic hydroxyl groups is 2. The van der Waals surface area contributed by atoms with E-state index in [2.05, 4.69) is 4.74 Å². The zero-order chi connectivity index (χ0) is 8.43. The van der Waals surface area contributed by atoms with Crippen LogP contribution in [-0.4, -0.2) is 48.2 Å². The predicted octanol–water partition coefficient (Wildman–Crippen LogP) is -1.72. The van der Waals surface area contributed by atoms with Crippen molar-refractivity contribution in [2.45, 2.75) is 18.3 Å². The summed E-state index contributed by atoms with van der Waals surface area (Å²) in [4.78, 5) is 10.8. The second-order valence-electron chi connectivity index (χ2n) is 2.34. The molecule has 2 N–H and O–H groups in total. The van der Waals surface area contributed by atoms with Crippen molar-refractivity contribution in [2.24, 2.45) is 0 Å². The first-order chi connectivity index (χ1) is 5.16. The molecule has 0 bridgehead atoms. The third-order valence-corrected chi connectivity index (χ3v) is 1.58. The second-order valence-corrected chi connectivity index (χ2v) is 2.34. The highest BCUT2D eigenvalue weighted by Gasteiger charge is 2.40. The monoisotopic (exact) mass is 162 g/mol. The van der Waals surface area contributed by atoms with E-state index in [1.54, 1.807) is 0 Å². The maximum atomic E-state index is 10.8. The first-order valence-electron chi connectivity index (χ1n) is 3.22. The van der Waals surface area contributed by atoms with Crippen LogP contribution in [0.1, 0.15) is 0 Å². The number of esters is 1. The maximum Gasteiger partial charge on any atom is 0.337 e. The van der Waals surface area contributed by atoms with Gasteiger partial charge in [-0.25, -0.2) is 4.79 Å². The SMILES string of the molecule is COC(=O)[C@H]1OC[C@@H](O)[C@H]1O. The van der Waals surface area contributed by atoms with E-state index in [-0.39, 0.29) is 6.61 Å². The van der Waals surface area contributed by atoms with E-state index < -0.39 is 24.3 Å². The lowest BCUT2D eigenvalue weighted by Gasteiger charge is -2.11. The molecule has 0 aromatic carbocycles. The normalized spacial score (nSPS) is 37.2. The average molecular weight is 162 g/mol. The highest BCUT2D eigenvalue weighted by atomic mass is 16.6. The van der Waals surface area contributed by atoms with E-state index in [9.17, 15) is 4.79 Å². The van der Waals surface area contributed by atoms with Gasteiger partial charge in [-0.2, -0.15) is 0 Å². The molecule has 0 aromatic heterocycles. The number of carbonyl (C=O) groups is 1. The maximum absolute atomic E-state index is 10.8. The topological polar surface area (TPSA) is 76.0 Å². The largest absolute Gasteiger partial charge is 0.467 e. The van der Waals surface area contributed by atoms with E-state index in [4.69, 9.17) is 14.9 Å². The predicted molar refractivity (Wildman–Crippen MR) is 33.8 cm³/mol. The fourth-order valence-electron chi connectivity index (χ4n) is 0.925. The Labute approximate surface area is 63.5 Å². The van der Waals surface area contributed by atoms with Crippen LogP contribution >= 0.6 is 0 Å². The van der Waals surface area contributed by atoms with Gasteiger partial charge in [0, 0.05) is 0 Å². The average Bonchev–Trinajstić information content (AvgIpc) is 2.32. The zero-order valence-electron chi connectivity index (χ0n) is 6.06. The van der Waals surface area contributed by atoms with Crippen LogP contribution in [0.25, 0.3) is 0 Å². The molecule has 3 atom stereocenters. The van der Waals surface area contributed by atoms with Crippen LogP contribution in [0.5, 0.6) is 0 Å². The molecular weight excluding hydrogens is 152 g/mol. The van der Waals surface area contributed by atoms with Crippen LogP contribution in [0.3, 0.4) is 0 Å². The molecule has 1 fully saturated rings. The number of hydrogen-bond donors (Lipinski definition) is 2. The van der Waals surface area contributed by atoms with Gasteiger partial charge >= 0.3 is 5.97 Å². The highest BCUT2D eigenvalue weighted by molar-refractivity contribution is 5.75. The quantitative estimate of drug-likeness (QED) is 0.448. The molecule has 1 aliphatic rings. The summed E-state index contributed by atoms with van der Waals surface area (Å²) in [5, 5.41) is 18.0. The van der Waals surface area contributed by atoms with E-state index in [1.807, 2.05) is 0 Å². The second kappa shape index (κ2) is 3.17. The van der Waals surface area contributed by atoms with E-state index in [0.29, 0.717) is 0 Å². The van der Waals surface area contributed by atoms with Crippen molar-refractivity contribution < 1.29 is 24.5 Å². The van der Waals surface area contributed by atoms with Crippen molar-refractivity contribution in [1.82, 2.24) is 0 Å². The van der Waals surface area contributed by atoms with Gasteiger partial charge in [-0.05, 0) is 0 Å². The molecule has 0 saturated carbocycles. The lowest BCUT2D eigenvalue weighted by Crippen LogP contribution is -2.36. The lowest BCUT2D eigenvalue weighted by molar-refractivity contribution is -0.155. The Morgan fingerprint density at radius 3 is 2.64 bits per heavy atom. The van der Waals surface area contributed by atoms with Crippen molar-refractivity contribution in [2.75, 3.05) is 13.7 Å². The minimum atomic E-state index is -1.16. The van der Waals surface area contributed by atoms with Gasteiger partial charge in [-0.1, -0.05) is 0 Å². The van der Waals surface area contributed by atoms with E-state index in [0.717, 1.165) is 0 Å². The Balaban J connectivity index is 2.54. The molecule has 1 aliphatic heterocycles. The molecule has 0 spiro atoms. The molecule has 0 unspecified atom stereocenters. The highest BCUT2D eigenvalue weighted by Crippen LogP contribution is 2.14. The molecule has 1 rings (SSSR count). The summed E-state index contributed by atoms with van der Waals surface area (Å²) in [6, 6.07) is 0. The van der Waals surface area contributed by atoms with Gasteiger partial charge in [0.05, 0.1) is 13.7 Å². The van der Waals surface area contributed by atoms with Crippen molar-refractivity contribution >= 4 is 5.97 Å². The first kappa shape index (κ1) is 8.45. The molecule has 64 valence electrons. The van der Waals surface area contributed by atoms with Gasteiger partial charge in [0.25, 0.3) is 0 Å². The van der Waals surface area contributed by atoms with Crippen LogP contribution in [0, 0.1) is 0 Å². The molecular formula is C6H10O5. The molecule has 0 aromatic rings. The molecule has 1 heterocycles. The number of rotatable bonds is 1. The van der Waals surface area contributed by atoms with Crippen LogP contribution in [0.4, 0.5) is 0 Å². The van der Waals surface area contributed by atoms with Gasteiger partial charge in [-0.3, -0.25) is 0 Å². The van der Waals surface area contributed by atoms with Gasteiger partial charge < -0.3 is 19.7 Å². The van der Waals surface area contributed by atoms with Crippen molar-refractivity contribution in [1.29, 1.82) is 0 Å². The van der Waals surface area contributed by atoms with Crippen molar-refractivity contribution in [3.63, 3.8) is 0 Å². The van der Waals surface area contributed by atoms with Crippen LogP contribution in [-0.2, 0) is 14.3 Å². The van der Waals surface area contributed by atoms with Crippen LogP contribution in [0.2, 0.25) is 0 Å². The summed E-state index contributed by atoms with van der Waals surface area (Å²) >= 11 is 0. The summed E-state index contributed by atoms with van der Waals surface area (Å²) in [5.41, 5.74) is 0. The number of hydrogen-bond acceptors (Lipinski definition) is 5.